The number of rotatable bonds is 5. The van der Waals surface area contributed by atoms with E-state index in [0.29, 0.717) is 36.3 Å². The Hall–Kier alpha value is -3.87. The number of pyridine rings is 1. The first-order chi connectivity index (χ1) is 13.9. The second kappa shape index (κ2) is 7.03. The summed E-state index contributed by atoms with van der Waals surface area (Å²) in [4.78, 5) is 8.88. The number of aryl methyl sites for hydroxylation is 2. The van der Waals surface area contributed by atoms with Crippen molar-refractivity contribution in [3.05, 3.63) is 78.6 Å². The average molecular weight is 369 g/mol. The first kappa shape index (κ1) is 16.3. The molecule has 0 saturated heterocycles. The van der Waals surface area contributed by atoms with E-state index in [2.05, 4.69) is 25.3 Å². The van der Waals surface area contributed by atoms with E-state index < -0.39 is 0 Å². The van der Waals surface area contributed by atoms with Gasteiger partial charge in [-0.2, -0.15) is 4.98 Å². The predicted octanol–water partition coefficient (Wildman–Crippen LogP) is 4.12. The quantitative estimate of drug-likeness (QED) is 0.460. The molecule has 0 aliphatic rings. The molecule has 0 fully saturated rings. The van der Waals surface area contributed by atoms with Gasteiger partial charge >= 0.3 is 0 Å². The molecule has 136 valence electrons. The predicted molar refractivity (Wildman–Crippen MR) is 102 cm³/mol. The van der Waals surface area contributed by atoms with Crippen LogP contribution in [-0.4, -0.2) is 25.3 Å². The Bertz CT molecular complexity index is 1220. The molecule has 28 heavy (non-hydrogen) atoms. The summed E-state index contributed by atoms with van der Waals surface area (Å²) in [6.07, 6.45) is 2.81. The minimum Gasteiger partial charge on any atom is -0.421 e. The molecule has 0 saturated carbocycles. The summed E-state index contributed by atoms with van der Waals surface area (Å²) in [5.41, 5.74) is 2.68. The molecule has 5 rings (SSSR count). The van der Waals surface area contributed by atoms with Crippen LogP contribution >= 0.6 is 0 Å². The Morgan fingerprint density at radius 3 is 2.61 bits per heavy atom. The van der Waals surface area contributed by atoms with Gasteiger partial charge in [0.05, 0.1) is 5.52 Å². The van der Waals surface area contributed by atoms with Crippen molar-refractivity contribution >= 4 is 10.9 Å². The Kier molecular flexibility index (Phi) is 4.10. The maximum Gasteiger partial charge on any atom is 0.247 e. The van der Waals surface area contributed by atoms with Crippen molar-refractivity contribution in [1.29, 1.82) is 0 Å². The SMILES string of the molecule is c1ccc(-c2nnc(CCc3nc(-c4cccc5ncccc45)no3)o2)cc1. The van der Waals surface area contributed by atoms with Crippen LogP contribution in [-0.2, 0) is 12.8 Å². The second-order valence-corrected chi connectivity index (χ2v) is 6.25. The molecule has 0 aliphatic heterocycles. The molecule has 7 heteroatoms. The first-order valence-electron chi connectivity index (χ1n) is 8.91. The fourth-order valence-electron chi connectivity index (χ4n) is 3.03. The van der Waals surface area contributed by atoms with Crippen molar-refractivity contribution in [2.24, 2.45) is 0 Å². The van der Waals surface area contributed by atoms with Gasteiger partial charge in [-0.3, -0.25) is 4.98 Å². The Labute approximate surface area is 160 Å². The van der Waals surface area contributed by atoms with E-state index in [-0.39, 0.29) is 0 Å². The summed E-state index contributed by atoms with van der Waals surface area (Å²) in [6.45, 7) is 0. The van der Waals surface area contributed by atoms with E-state index >= 15 is 0 Å². The molecule has 0 aliphatic carbocycles. The lowest BCUT2D eigenvalue weighted by atomic mass is 10.1. The third-order valence-corrected chi connectivity index (χ3v) is 4.39. The van der Waals surface area contributed by atoms with Crippen molar-refractivity contribution in [1.82, 2.24) is 25.3 Å². The van der Waals surface area contributed by atoms with Crippen molar-refractivity contribution in [3.63, 3.8) is 0 Å². The van der Waals surface area contributed by atoms with Gasteiger partial charge in [0.25, 0.3) is 0 Å². The molecule has 0 radical (unpaired) electrons. The molecule has 3 aromatic heterocycles. The number of aromatic nitrogens is 5. The summed E-state index contributed by atoms with van der Waals surface area (Å²) >= 11 is 0. The highest BCUT2D eigenvalue weighted by Gasteiger charge is 2.14. The largest absolute Gasteiger partial charge is 0.421 e. The van der Waals surface area contributed by atoms with Gasteiger partial charge < -0.3 is 8.94 Å². The zero-order chi connectivity index (χ0) is 18.8. The molecule has 0 bridgehead atoms. The molecule has 0 N–H and O–H groups in total. The van der Waals surface area contributed by atoms with E-state index in [0.717, 1.165) is 22.0 Å². The van der Waals surface area contributed by atoms with E-state index in [1.165, 1.54) is 0 Å². The van der Waals surface area contributed by atoms with Crippen LogP contribution in [0.4, 0.5) is 0 Å². The Morgan fingerprint density at radius 1 is 0.786 bits per heavy atom. The van der Waals surface area contributed by atoms with Gasteiger partial charge in [0.2, 0.25) is 23.5 Å². The van der Waals surface area contributed by atoms with Crippen LogP contribution < -0.4 is 0 Å². The second-order valence-electron chi connectivity index (χ2n) is 6.25. The highest BCUT2D eigenvalue weighted by molar-refractivity contribution is 5.92. The van der Waals surface area contributed by atoms with E-state index in [1.54, 1.807) is 6.20 Å². The van der Waals surface area contributed by atoms with E-state index in [1.807, 2.05) is 60.7 Å². The molecule has 0 spiro atoms. The minimum atomic E-state index is 0.505. The van der Waals surface area contributed by atoms with Gasteiger partial charge in [-0.25, -0.2) is 0 Å². The zero-order valence-corrected chi connectivity index (χ0v) is 14.8. The first-order valence-corrected chi connectivity index (χ1v) is 8.91. The van der Waals surface area contributed by atoms with Gasteiger partial charge in [-0.05, 0) is 24.3 Å². The summed E-state index contributed by atoms with van der Waals surface area (Å²) in [7, 11) is 0. The molecule has 0 unspecified atom stereocenters. The molecule has 3 heterocycles. The molecule has 0 amide bonds. The molecule has 0 atom stereocenters. The minimum absolute atomic E-state index is 0.505. The van der Waals surface area contributed by atoms with Crippen LogP contribution in [0, 0.1) is 0 Å². The smallest absolute Gasteiger partial charge is 0.247 e. The van der Waals surface area contributed by atoms with Crippen molar-refractivity contribution in [2.45, 2.75) is 12.8 Å². The van der Waals surface area contributed by atoms with E-state index in [4.69, 9.17) is 8.94 Å². The van der Waals surface area contributed by atoms with Gasteiger partial charge in [0.15, 0.2) is 0 Å². The average Bonchev–Trinajstić information content (AvgIpc) is 3.42. The van der Waals surface area contributed by atoms with Crippen LogP contribution in [0.25, 0.3) is 33.7 Å². The zero-order valence-electron chi connectivity index (χ0n) is 14.8. The normalized spacial score (nSPS) is 11.1. The lowest BCUT2D eigenvalue weighted by Gasteiger charge is -2.00. The third kappa shape index (κ3) is 3.14. The highest BCUT2D eigenvalue weighted by atomic mass is 16.5. The maximum absolute atomic E-state index is 5.72. The number of fused-ring (bicyclic) bond motifs is 1. The third-order valence-electron chi connectivity index (χ3n) is 4.39. The summed E-state index contributed by atoms with van der Waals surface area (Å²) in [5.74, 6) is 2.11. The number of hydrogen-bond donors (Lipinski definition) is 0. The topological polar surface area (TPSA) is 90.7 Å². The van der Waals surface area contributed by atoms with Crippen LogP contribution in [0.1, 0.15) is 11.8 Å². The monoisotopic (exact) mass is 369 g/mol. The van der Waals surface area contributed by atoms with Crippen molar-refractivity contribution < 1.29 is 8.94 Å². The maximum atomic E-state index is 5.72. The lowest BCUT2D eigenvalue weighted by molar-refractivity contribution is 0.373. The van der Waals surface area contributed by atoms with Crippen LogP contribution in [0.15, 0.2) is 75.8 Å². The molecule has 5 aromatic rings. The summed E-state index contributed by atoms with van der Waals surface area (Å²) in [6, 6.07) is 19.4. The van der Waals surface area contributed by atoms with Crippen molar-refractivity contribution in [2.75, 3.05) is 0 Å². The van der Waals surface area contributed by atoms with Gasteiger partial charge in [-0.1, -0.05) is 41.6 Å². The number of nitrogens with zero attached hydrogens (tertiary/aromatic N) is 5. The summed E-state index contributed by atoms with van der Waals surface area (Å²) < 4.78 is 11.1. The van der Waals surface area contributed by atoms with Crippen LogP contribution in [0.2, 0.25) is 0 Å². The molecular weight excluding hydrogens is 354 g/mol. The van der Waals surface area contributed by atoms with Crippen LogP contribution in [0.3, 0.4) is 0 Å². The Balaban J connectivity index is 1.33. The fraction of sp³-hybridized carbons (Fsp3) is 0.0952. The lowest BCUT2D eigenvalue weighted by Crippen LogP contribution is -1.92. The van der Waals surface area contributed by atoms with E-state index in [9.17, 15) is 0 Å². The molecule has 2 aromatic carbocycles. The highest BCUT2D eigenvalue weighted by Crippen LogP contribution is 2.25. The molecular formula is C21H15N5O2. The van der Waals surface area contributed by atoms with Gasteiger partial charge in [-0.15, -0.1) is 10.2 Å². The Morgan fingerprint density at radius 2 is 1.68 bits per heavy atom. The number of hydrogen-bond acceptors (Lipinski definition) is 7. The van der Waals surface area contributed by atoms with Crippen LogP contribution in [0.5, 0.6) is 0 Å². The number of benzene rings is 2. The van der Waals surface area contributed by atoms with Crippen molar-refractivity contribution in [3.8, 4) is 22.8 Å². The standard InChI is InChI=1S/C21H15N5O2/c1-2-6-14(7-3-1)21-25-24-19(27-21)12-11-18-23-20(26-28-18)16-8-4-10-17-15(16)9-5-13-22-17/h1-10,13H,11-12H2. The van der Waals surface area contributed by atoms with Gasteiger partial charge in [0.1, 0.15) is 0 Å². The fourth-order valence-corrected chi connectivity index (χ4v) is 3.03. The molecule has 7 nitrogen and oxygen atoms in total. The van der Waals surface area contributed by atoms with Gasteiger partial charge in [0, 0.05) is 35.6 Å². The summed E-state index contributed by atoms with van der Waals surface area (Å²) in [5, 5.41) is 13.3.